The predicted molar refractivity (Wildman–Crippen MR) is 131 cm³/mol. The monoisotopic (exact) mass is 431 g/mol. The number of piperazine rings is 1. The smallest absolute Gasteiger partial charge is 0.224 e. The van der Waals surface area contributed by atoms with Crippen molar-refractivity contribution < 1.29 is 4.79 Å². The van der Waals surface area contributed by atoms with Gasteiger partial charge in [-0.05, 0) is 68.8 Å². The molecule has 6 nitrogen and oxygen atoms in total. The van der Waals surface area contributed by atoms with Crippen molar-refractivity contribution in [2.75, 3.05) is 42.9 Å². The number of nitrogens with zero attached hydrogens (tertiary/aromatic N) is 4. The van der Waals surface area contributed by atoms with Crippen LogP contribution in [0, 0.1) is 13.8 Å². The molecule has 168 valence electrons. The van der Waals surface area contributed by atoms with Crippen molar-refractivity contribution in [1.29, 1.82) is 0 Å². The molecule has 1 saturated heterocycles. The van der Waals surface area contributed by atoms with Gasteiger partial charge < -0.3 is 15.1 Å². The first-order valence-electron chi connectivity index (χ1n) is 11.5. The van der Waals surface area contributed by atoms with Crippen LogP contribution in [0.25, 0.3) is 5.69 Å². The van der Waals surface area contributed by atoms with Gasteiger partial charge in [-0.1, -0.05) is 25.1 Å². The molecule has 0 spiro atoms. The Labute approximate surface area is 190 Å². The summed E-state index contributed by atoms with van der Waals surface area (Å²) in [6.45, 7) is 11.7. The third-order valence-corrected chi connectivity index (χ3v) is 6.38. The largest absolute Gasteiger partial charge is 0.369 e. The summed E-state index contributed by atoms with van der Waals surface area (Å²) in [4.78, 5) is 17.5. The van der Waals surface area contributed by atoms with Crippen LogP contribution in [0.4, 0.5) is 11.4 Å². The first-order chi connectivity index (χ1) is 15.5. The van der Waals surface area contributed by atoms with Crippen LogP contribution >= 0.6 is 0 Å². The average molecular weight is 432 g/mol. The molecule has 0 saturated carbocycles. The van der Waals surface area contributed by atoms with E-state index in [9.17, 15) is 4.79 Å². The van der Waals surface area contributed by atoms with E-state index in [0.717, 1.165) is 61.0 Å². The van der Waals surface area contributed by atoms with Gasteiger partial charge >= 0.3 is 0 Å². The molecule has 1 fully saturated rings. The summed E-state index contributed by atoms with van der Waals surface area (Å²) in [7, 11) is 0. The lowest BCUT2D eigenvalue weighted by Crippen LogP contribution is -2.46. The van der Waals surface area contributed by atoms with E-state index in [-0.39, 0.29) is 5.91 Å². The van der Waals surface area contributed by atoms with Gasteiger partial charge in [-0.15, -0.1) is 0 Å². The fourth-order valence-electron chi connectivity index (χ4n) is 4.40. The molecule has 3 aromatic rings. The third-order valence-electron chi connectivity index (χ3n) is 6.38. The number of para-hydroxylation sites is 1. The van der Waals surface area contributed by atoms with E-state index in [4.69, 9.17) is 0 Å². The molecule has 0 aliphatic carbocycles. The molecule has 2 aromatic carbocycles. The molecular formula is C26H33N5O. The molecule has 0 bridgehead atoms. The van der Waals surface area contributed by atoms with Crippen molar-refractivity contribution >= 4 is 17.3 Å². The molecule has 1 aliphatic rings. The van der Waals surface area contributed by atoms with Crippen molar-refractivity contribution in [1.82, 2.24) is 14.7 Å². The highest BCUT2D eigenvalue weighted by Gasteiger charge is 2.16. The van der Waals surface area contributed by atoms with Gasteiger partial charge in [-0.3, -0.25) is 4.79 Å². The zero-order valence-corrected chi connectivity index (χ0v) is 19.3. The lowest BCUT2D eigenvalue weighted by Gasteiger charge is -2.35. The first kappa shape index (κ1) is 22.1. The summed E-state index contributed by atoms with van der Waals surface area (Å²) >= 11 is 0. The molecule has 6 heteroatoms. The number of nitrogens with one attached hydrogen (secondary N) is 1. The molecular weight excluding hydrogens is 398 g/mol. The molecule has 0 unspecified atom stereocenters. The van der Waals surface area contributed by atoms with Crippen LogP contribution in [0.3, 0.4) is 0 Å². The third kappa shape index (κ3) is 5.02. The minimum absolute atomic E-state index is 0.0283. The molecule has 1 amide bonds. The number of aryl methyl sites for hydroxylation is 1. The molecule has 1 N–H and O–H groups in total. The Morgan fingerprint density at radius 1 is 0.938 bits per heavy atom. The van der Waals surface area contributed by atoms with Gasteiger partial charge in [0, 0.05) is 49.7 Å². The number of anilines is 2. The maximum atomic E-state index is 12.6. The van der Waals surface area contributed by atoms with Crippen LogP contribution in [-0.4, -0.2) is 53.3 Å². The Morgan fingerprint density at radius 3 is 2.28 bits per heavy atom. The number of carbonyl (C=O) groups is 1. The second-order valence-corrected chi connectivity index (χ2v) is 8.41. The normalized spacial score (nSPS) is 14.5. The van der Waals surface area contributed by atoms with Crippen LogP contribution in [-0.2, 0) is 11.2 Å². The maximum absolute atomic E-state index is 12.6. The van der Waals surface area contributed by atoms with Crippen LogP contribution in [0.1, 0.15) is 30.3 Å². The number of hydrogen-bond acceptors (Lipinski definition) is 4. The Morgan fingerprint density at radius 2 is 1.62 bits per heavy atom. The molecule has 4 rings (SSSR count). The number of hydrogen-bond donors (Lipinski definition) is 1. The van der Waals surface area contributed by atoms with Crippen molar-refractivity contribution in [3.63, 3.8) is 0 Å². The summed E-state index contributed by atoms with van der Waals surface area (Å²) in [5, 5.41) is 7.73. The Kier molecular flexibility index (Phi) is 6.90. The van der Waals surface area contributed by atoms with Crippen LogP contribution in [0.5, 0.6) is 0 Å². The number of aromatic nitrogens is 2. The summed E-state index contributed by atoms with van der Waals surface area (Å²) in [5.41, 5.74) is 6.32. The summed E-state index contributed by atoms with van der Waals surface area (Å²) in [6.07, 6.45) is 1.11. The fourth-order valence-corrected chi connectivity index (χ4v) is 4.40. The lowest BCUT2D eigenvalue weighted by molar-refractivity contribution is -0.116. The van der Waals surface area contributed by atoms with Gasteiger partial charge in [0.25, 0.3) is 0 Å². The molecule has 32 heavy (non-hydrogen) atoms. The number of likely N-dealkylation sites (N-methyl/N-ethyl adjacent to an activating group) is 1. The molecule has 0 radical (unpaired) electrons. The zero-order valence-electron chi connectivity index (χ0n) is 19.3. The minimum Gasteiger partial charge on any atom is -0.369 e. The van der Waals surface area contributed by atoms with Gasteiger partial charge in [0.1, 0.15) is 0 Å². The first-order valence-corrected chi connectivity index (χ1v) is 11.5. The lowest BCUT2D eigenvalue weighted by atomic mass is 10.1. The van der Waals surface area contributed by atoms with Gasteiger partial charge in [0.15, 0.2) is 0 Å². The van der Waals surface area contributed by atoms with E-state index < -0.39 is 0 Å². The van der Waals surface area contributed by atoms with Crippen LogP contribution in [0.2, 0.25) is 0 Å². The van der Waals surface area contributed by atoms with E-state index in [1.807, 2.05) is 54.1 Å². The predicted octanol–water partition coefficient (Wildman–Crippen LogP) is 4.20. The highest BCUT2D eigenvalue weighted by molar-refractivity contribution is 5.91. The number of amides is 1. The van der Waals surface area contributed by atoms with E-state index in [0.29, 0.717) is 12.8 Å². The highest BCUT2D eigenvalue weighted by Crippen LogP contribution is 2.21. The van der Waals surface area contributed by atoms with Crippen molar-refractivity contribution in [3.8, 4) is 5.69 Å². The van der Waals surface area contributed by atoms with E-state index in [2.05, 4.69) is 46.2 Å². The van der Waals surface area contributed by atoms with Crippen molar-refractivity contribution in [2.45, 2.75) is 33.6 Å². The van der Waals surface area contributed by atoms with Crippen LogP contribution in [0.15, 0.2) is 54.6 Å². The van der Waals surface area contributed by atoms with Gasteiger partial charge in [0.05, 0.1) is 11.4 Å². The SMILES string of the molecule is CCN1CCN(c2ccc(NC(=O)CCc3c(C)nn(-c4ccccc4)c3C)cc2)CC1. The zero-order chi connectivity index (χ0) is 22.5. The number of benzene rings is 2. The van der Waals surface area contributed by atoms with E-state index in [1.54, 1.807) is 0 Å². The van der Waals surface area contributed by atoms with Crippen molar-refractivity contribution in [3.05, 3.63) is 71.5 Å². The summed E-state index contributed by atoms with van der Waals surface area (Å²) < 4.78 is 1.96. The minimum atomic E-state index is 0.0283. The Balaban J connectivity index is 1.32. The van der Waals surface area contributed by atoms with E-state index >= 15 is 0 Å². The summed E-state index contributed by atoms with van der Waals surface area (Å²) in [6, 6.07) is 18.3. The highest BCUT2D eigenvalue weighted by atomic mass is 16.1. The quantitative estimate of drug-likeness (QED) is 0.609. The van der Waals surface area contributed by atoms with Crippen molar-refractivity contribution in [2.24, 2.45) is 0 Å². The molecule has 2 heterocycles. The second-order valence-electron chi connectivity index (χ2n) is 8.41. The fraction of sp³-hybridized carbons (Fsp3) is 0.385. The number of rotatable bonds is 7. The van der Waals surface area contributed by atoms with Gasteiger partial charge in [0.2, 0.25) is 5.91 Å². The van der Waals surface area contributed by atoms with Crippen LogP contribution < -0.4 is 10.2 Å². The Hall–Kier alpha value is -3.12. The average Bonchev–Trinajstić information content (AvgIpc) is 3.12. The Bertz CT molecular complexity index is 1030. The van der Waals surface area contributed by atoms with E-state index in [1.165, 1.54) is 5.69 Å². The van der Waals surface area contributed by atoms with Gasteiger partial charge in [-0.2, -0.15) is 5.10 Å². The second kappa shape index (κ2) is 10.0. The standard InChI is InChI=1S/C26H33N5O/c1-4-29-16-18-30(19-17-29)23-12-10-22(11-13-23)27-26(32)15-14-25-20(2)28-31(21(25)3)24-8-6-5-7-9-24/h5-13H,4,14-19H2,1-3H3,(H,27,32). The maximum Gasteiger partial charge on any atom is 0.224 e. The summed E-state index contributed by atoms with van der Waals surface area (Å²) in [5.74, 6) is 0.0283. The molecule has 1 aliphatic heterocycles. The molecule has 1 aromatic heterocycles. The molecule has 0 atom stereocenters. The van der Waals surface area contributed by atoms with Gasteiger partial charge in [-0.25, -0.2) is 4.68 Å². The number of carbonyl (C=O) groups excluding carboxylic acids is 1. The topological polar surface area (TPSA) is 53.4 Å².